The lowest BCUT2D eigenvalue weighted by atomic mass is 10.1. The number of hydrogen-bond acceptors (Lipinski definition) is 3. The molecule has 0 radical (unpaired) electrons. The Balaban J connectivity index is 2.82. The molecule has 0 bridgehead atoms. The summed E-state index contributed by atoms with van der Waals surface area (Å²) in [5.74, 6) is 4.96. The second kappa shape index (κ2) is 3.58. The molecular weight excluding hydrogens is 191 g/mol. The second-order valence-electron chi connectivity index (χ2n) is 2.44. The van der Waals surface area contributed by atoms with E-state index in [1.807, 2.05) is 0 Å². The summed E-state index contributed by atoms with van der Waals surface area (Å²) in [5.41, 5.74) is 0. The minimum atomic E-state index is -2.56. The fourth-order valence-corrected chi connectivity index (χ4v) is 5.68. The average Bonchev–Trinajstić information content (AvgIpc) is 2.43. The molecule has 0 aromatic heterocycles. The van der Waals surface area contributed by atoms with Crippen molar-refractivity contribution in [2.75, 3.05) is 13.3 Å². The summed E-state index contributed by atoms with van der Waals surface area (Å²) in [7, 11) is 1.43. The first-order chi connectivity index (χ1) is 5.65. The third kappa shape index (κ3) is 1.70. The first-order valence-corrected chi connectivity index (χ1v) is 6.70. The Morgan fingerprint density at radius 2 is 2.25 bits per heavy atom. The average molecular weight is 200 g/mol. The molecular formula is C8H9O2PS. The van der Waals surface area contributed by atoms with E-state index in [9.17, 15) is 4.57 Å². The summed E-state index contributed by atoms with van der Waals surface area (Å²) in [6.07, 6.45) is 10.9. The van der Waals surface area contributed by atoms with E-state index in [2.05, 4.69) is 11.8 Å². The van der Waals surface area contributed by atoms with Crippen LogP contribution in [0.3, 0.4) is 0 Å². The lowest BCUT2D eigenvalue weighted by Gasteiger charge is -2.04. The summed E-state index contributed by atoms with van der Waals surface area (Å²) in [5, 5.41) is -0.152. The summed E-state index contributed by atoms with van der Waals surface area (Å²) in [6, 6.07) is 0. The van der Waals surface area contributed by atoms with Gasteiger partial charge < -0.3 is 4.52 Å². The van der Waals surface area contributed by atoms with Gasteiger partial charge in [-0.3, -0.25) is 4.57 Å². The SMILES string of the molecule is C#CC1CP(=O)(OC)SC1C#C. The predicted molar refractivity (Wildman–Crippen MR) is 52.0 cm³/mol. The van der Waals surface area contributed by atoms with E-state index in [-0.39, 0.29) is 11.2 Å². The Morgan fingerprint density at radius 1 is 1.58 bits per heavy atom. The monoisotopic (exact) mass is 200 g/mol. The minimum absolute atomic E-state index is 0.106. The predicted octanol–water partition coefficient (Wildman–Crippen LogP) is 1.82. The second-order valence-corrected chi connectivity index (χ2v) is 7.41. The van der Waals surface area contributed by atoms with Crippen molar-refractivity contribution in [3.63, 3.8) is 0 Å². The molecule has 3 atom stereocenters. The maximum absolute atomic E-state index is 11.7. The van der Waals surface area contributed by atoms with Gasteiger partial charge in [0.15, 0.2) is 0 Å². The van der Waals surface area contributed by atoms with Gasteiger partial charge >= 0.3 is 0 Å². The third-order valence-corrected chi connectivity index (χ3v) is 6.67. The lowest BCUT2D eigenvalue weighted by molar-refractivity contribution is 0.408. The van der Waals surface area contributed by atoms with Gasteiger partial charge in [0, 0.05) is 7.11 Å². The van der Waals surface area contributed by atoms with Crippen molar-refractivity contribution in [2.24, 2.45) is 5.92 Å². The smallest absolute Gasteiger partial charge is 0.259 e. The molecule has 12 heavy (non-hydrogen) atoms. The zero-order valence-corrected chi connectivity index (χ0v) is 8.40. The highest BCUT2D eigenvalue weighted by atomic mass is 32.7. The van der Waals surface area contributed by atoms with Crippen LogP contribution >= 0.6 is 18.0 Å². The number of terminal acetylenes is 2. The van der Waals surface area contributed by atoms with Crippen LogP contribution in [0.25, 0.3) is 0 Å². The highest BCUT2D eigenvalue weighted by Gasteiger charge is 2.41. The topological polar surface area (TPSA) is 26.3 Å². The van der Waals surface area contributed by atoms with Gasteiger partial charge in [-0.05, 0) is 0 Å². The third-order valence-electron chi connectivity index (χ3n) is 1.72. The van der Waals surface area contributed by atoms with Gasteiger partial charge in [0.25, 0.3) is 6.57 Å². The molecule has 3 unspecified atom stereocenters. The van der Waals surface area contributed by atoms with E-state index < -0.39 is 6.57 Å². The number of rotatable bonds is 1. The van der Waals surface area contributed by atoms with E-state index in [1.165, 1.54) is 18.5 Å². The van der Waals surface area contributed by atoms with Gasteiger partial charge in [0.05, 0.1) is 17.3 Å². The van der Waals surface area contributed by atoms with Gasteiger partial charge in [-0.25, -0.2) is 0 Å². The molecule has 0 aromatic carbocycles. The molecule has 0 amide bonds. The summed E-state index contributed by atoms with van der Waals surface area (Å²) < 4.78 is 16.6. The molecule has 1 aliphatic rings. The van der Waals surface area contributed by atoms with Gasteiger partial charge in [0.1, 0.15) is 0 Å². The molecule has 0 spiro atoms. The van der Waals surface area contributed by atoms with E-state index in [0.717, 1.165) is 0 Å². The fourth-order valence-electron chi connectivity index (χ4n) is 1.03. The van der Waals surface area contributed by atoms with Crippen molar-refractivity contribution in [2.45, 2.75) is 5.25 Å². The van der Waals surface area contributed by atoms with Crippen LogP contribution in [0.1, 0.15) is 0 Å². The first kappa shape index (κ1) is 9.75. The van der Waals surface area contributed by atoms with Gasteiger partial charge in [-0.15, -0.1) is 18.8 Å². The Hall–Kier alpha value is -0.340. The van der Waals surface area contributed by atoms with Crippen molar-refractivity contribution in [1.82, 2.24) is 0 Å². The highest BCUT2D eigenvalue weighted by molar-refractivity contribution is 8.57. The minimum Gasteiger partial charge on any atom is -0.324 e. The van der Waals surface area contributed by atoms with Crippen LogP contribution in [0.4, 0.5) is 0 Å². The zero-order valence-electron chi connectivity index (χ0n) is 6.69. The summed E-state index contributed by atoms with van der Waals surface area (Å²) >= 11 is 1.20. The van der Waals surface area contributed by atoms with Gasteiger partial charge in [-0.1, -0.05) is 17.3 Å². The zero-order chi connectivity index (χ0) is 9.19. The van der Waals surface area contributed by atoms with Crippen molar-refractivity contribution < 1.29 is 9.09 Å². The van der Waals surface area contributed by atoms with Crippen LogP contribution in [0.5, 0.6) is 0 Å². The van der Waals surface area contributed by atoms with Crippen LogP contribution in [0, 0.1) is 30.6 Å². The Labute approximate surface area is 76.6 Å². The molecule has 1 heterocycles. The standard InChI is InChI=1S/C8H9O2PS/c1-4-7-6-11(9,10-3)12-8(7)5-2/h1-2,7-8H,6H2,3H3. The van der Waals surface area contributed by atoms with Crippen molar-refractivity contribution in [3.05, 3.63) is 0 Å². The molecule has 0 aromatic rings. The van der Waals surface area contributed by atoms with Crippen LogP contribution in [0.2, 0.25) is 0 Å². The fraction of sp³-hybridized carbons (Fsp3) is 0.500. The van der Waals surface area contributed by atoms with Crippen molar-refractivity contribution in [3.8, 4) is 24.7 Å². The summed E-state index contributed by atoms with van der Waals surface area (Å²) in [6.45, 7) is -2.56. The first-order valence-electron chi connectivity index (χ1n) is 3.40. The van der Waals surface area contributed by atoms with E-state index in [0.29, 0.717) is 6.16 Å². The highest BCUT2D eigenvalue weighted by Crippen LogP contribution is 2.68. The molecule has 1 fully saturated rings. The van der Waals surface area contributed by atoms with E-state index >= 15 is 0 Å². The Bertz CT molecular complexity index is 273. The molecule has 64 valence electrons. The van der Waals surface area contributed by atoms with E-state index in [4.69, 9.17) is 17.4 Å². The Morgan fingerprint density at radius 3 is 2.58 bits per heavy atom. The maximum Gasteiger partial charge on any atom is 0.259 e. The molecule has 0 N–H and O–H groups in total. The van der Waals surface area contributed by atoms with Crippen molar-refractivity contribution in [1.29, 1.82) is 0 Å². The molecule has 2 nitrogen and oxygen atoms in total. The molecule has 0 saturated carbocycles. The lowest BCUT2D eigenvalue weighted by Crippen LogP contribution is -2.08. The van der Waals surface area contributed by atoms with E-state index in [1.54, 1.807) is 0 Å². The molecule has 4 heteroatoms. The molecule has 1 rings (SSSR count). The maximum atomic E-state index is 11.7. The van der Waals surface area contributed by atoms with Crippen molar-refractivity contribution >= 4 is 18.0 Å². The summed E-state index contributed by atoms with van der Waals surface area (Å²) in [4.78, 5) is 0. The van der Waals surface area contributed by atoms with Crippen LogP contribution < -0.4 is 0 Å². The van der Waals surface area contributed by atoms with Gasteiger partial charge in [0.2, 0.25) is 0 Å². The van der Waals surface area contributed by atoms with Crippen LogP contribution in [-0.2, 0) is 9.09 Å². The van der Waals surface area contributed by atoms with Gasteiger partial charge in [-0.2, -0.15) is 0 Å². The Kier molecular flexibility index (Phi) is 2.91. The molecule has 0 aliphatic carbocycles. The van der Waals surface area contributed by atoms with Crippen LogP contribution in [-0.4, -0.2) is 18.5 Å². The largest absolute Gasteiger partial charge is 0.324 e. The normalized spacial score (nSPS) is 40.2. The quantitative estimate of drug-likeness (QED) is 0.477. The number of hydrogen-bond donors (Lipinski definition) is 0. The van der Waals surface area contributed by atoms with Crippen LogP contribution in [0.15, 0.2) is 0 Å². The molecule has 1 saturated heterocycles. The molecule has 1 aliphatic heterocycles.